The van der Waals surface area contributed by atoms with Gasteiger partial charge in [0.2, 0.25) is 0 Å². The van der Waals surface area contributed by atoms with Crippen LogP contribution in [0.3, 0.4) is 0 Å². The van der Waals surface area contributed by atoms with Crippen molar-refractivity contribution in [3.05, 3.63) is 0 Å². The number of halogens is 6. The van der Waals surface area contributed by atoms with Crippen molar-refractivity contribution in [1.29, 1.82) is 0 Å². The van der Waals surface area contributed by atoms with Crippen molar-refractivity contribution in [3.8, 4) is 0 Å². The van der Waals surface area contributed by atoms with Gasteiger partial charge in [-0.05, 0) is 20.8 Å². The Kier molecular flexibility index (Phi) is 9.46. The fourth-order valence-corrected chi connectivity index (χ4v) is 3.39. The van der Waals surface area contributed by atoms with Gasteiger partial charge >= 0.3 is 21.0 Å². The van der Waals surface area contributed by atoms with Gasteiger partial charge in [0.15, 0.2) is 0 Å². The molecule has 0 heterocycles. The Hall–Kier alpha value is -0.420. The Morgan fingerprint density at radius 1 is 0.833 bits per heavy atom. The van der Waals surface area contributed by atoms with Crippen LogP contribution in [-0.4, -0.2) is 58.5 Å². The third-order valence-corrected chi connectivity index (χ3v) is 9.94. The maximum Gasteiger partial charge on any atom is 0.518 e. The Balaban J connectivity index is 0. The molecular weight excluding hydrogens is 407 g/mol. The van der Waals surface area contributed by atoms with Crippen LogP contribution in [0.4, 0.5) is 26.3 Å². The van der Waals surface area contributed by atoms with Gasteiger partial charge in [-0.3, -0.25) is 0 Å². The normalized spacial score (nSPS) is 14.4. The highest BCUT2D eigenvalue weighted by molar-refractivity contribution is 8.06. The molecule has 0 bridgehead atoms. The first-order chi connectivity index (χ1) is 10.4. The van der Waals surface area contributed by atoms with Crippen LogP contribution in [0.2, 0.25) is 0 Å². The van der Waals surface area contributed by atoms with Gasteiger partial charge in [0.05, 0.1) is 18.5 Å². The second-order valence-corrected chi connectivity index (χ2v) is 13.2. The fourth-order valence-electron chi connectivity index (χ4n) is 0.904. The topological polar surface area (TPSA) is 80.6 Å². The summed E-state index contributed by atoms with van der Waals surface area (Å²) in [6.07, 6.45) is 4.29. The fraction of sp³-hybridized carbons (Fsp3) is 0.900. The van der Waals surface area contributed by atoms with Crippen molar-refractivity contribution < 1.29 is 43.2 Å². The van der Waals surface area contributed by atoms with E-state index in [0.29, 0.717) is 0 Å². The first kappa shape index (κ1) is 25.8. The molecule has 0 aliphatic carbocycles. The summed E-state index contributed by atoms with van der Waals surface area (Å²) in [5.74, 6) is 0. The molecule has 0 aliphatic rings. The molecule has 0 aromatic carbocycles. The van der Waals surface area contributed by atoms with Crippen LogP contribution in [0.5, 0.6) is 0 Å². The zero-order valence-corrected chi connectivity index (χ0v) is 15.8. The average molecular weight is 426 g/mol. The molecule has 146 valence electrons. The quantitative estimate of drug-likeness (QED) is 0.292. The highest BCUT2D eigenvalue weighted by Gasteiger charge is 2.48. The molecule has 24 heavy (non-hydrogen) atoms. The first-order valence-electron chi connectivity index (χ1n) is 6.40. The molecule has 0 amide bonds. The lowest BCUT2D eigenvalue weighted by Gasteiger charge is -2.16. The molecule has 0 saturated heterocycles. The molecule has 0 atom stereocenters. The lowest BCUT2D eigenvalue weighted by atomic mass is 10.9. The van der Waals surface area contributed by atoms with E-state index in [1.807, 2.05) is 0 Å². The standard InChI is InChI=1S/C7H18P.C3HF6NO4S2/c1-5-8(4,6-2)7-3;4-2(5,6)15(11,12)1-10-16(13,14)3(7,8)9/h5-7H2,1-4H3;1H/q+1;/b;10-1+. The maximum absolute atomic E-state index is 11.5. The zero-order valence-electron chi connectivity index (χ0n) is 13.3. The summed E-state index contributed by atoms with van der Waals surface area (Å²) in [6.45, 7) is 9.43. The minimum Gasteiger partial charge on any atom is -0.213 e. The molecule has 0 N–H and O–H groups in total. The summed E-state index contributed by atoms with van der Waals surface area (Å²) in [7, 11) is -12.9. The summed E-state index contributed by atoms with van der Waals surface area (Å²) in [5.41, 5.74) is -13.2. The summed E-state index contributed by atoms with van der Waals surface area (Å²) >= 11 is 0. The van der Waals surface area contributed by atoms with Gasteiger partial charge in [0.1, 0.15) is 5.55 Å². The van der Waals surface area contributed by atoms with E-state index in [9.17, 15) is 43.2 Å². The van der Waals surface area contributed by atoms with Crippen LogP contribution in [0.1, 0.15) is 20.8 Å². The number of hydrogen-bond acceptors (Lipinski definition) is 4. The molecule has 14 heteroatoms. The third kappa shape index (κ3) is 8.11. The second kappa shape index (κ2) is 8.79. The van der Waals surface area contributed by atoms with E-state index in [1.54, 1.807) is 0 Å². The van der Waals surface area contributed by atoms with Crippen molar-refractivity contribution in [2.75, 3.05) is 25.2 Å². The van der Waals surface area contributed by atoms with Crippen molar-refractivity contribution >= 4 is 32.7 Å². The molecule has 0 aromatic heterocycles. The SMILES string of the molecule is CC[P+](C)(CC)CC.O=S(=O)(/C=N/S(=O)(=O)C(F)(F)F)C(F)(F)F. The lowest BCUT2D eigenvalue weighted by molar-refractivity contribution is -0.0440. The van der Waals surface area contributed by atoms with Gasteiger partial charge in [-0.15, -0.1) is 0 Å². The maximum atomic E-state index is 11.5. The van der Waals surface area contributed by atoms with Crippen LogP contribution >= 0.6 is 7.26 Å². The molecule has 0 rings (SSSR count). The van der Waals surface area contributed by atoms with Crippen molar-refractivity contribution in [1.82, 2.24) is 0 Å². The third-order valence-electron chi connectivity index (χ3n) is 3.23. The van der Waals surface area contributed by atoms with Crippen molar-refractivity contribution in [2.24, 2.45) is 4.40 Å². The summed E-state index contributed by atoms with van der Waals surface area (Å²) in [5, 5.41) is 0. The van der Waals surface area contributed by atoms with E-state index in [2.05, 4.69) is 27.4 Å². The molecule has 0 fully saturated rings. The Bertz CT molecular complexity index is 566. The van der Waals surface area contributed by atoms with Gasteiger partial charge < -0.3 is 0 Å². The average Bonchev–Trinajstić information content (AvgIpc) is 2.43. The van der Waals surface area contributed by atoms with Gasteiger partial charge in [0.25, 0.3) is 9.84 Å². The molecule has 0 saturated carbocycles. The Labute approximate surface area is 137 Å². The first-order valence-corrected chi connectivity index (χ1v) is 12.2. The largest absolute Gasteiger partial charge is 0.518 e. The van der Waals surface area contributed by atoms with Gasteiger partial charge in [-0.1, -0.05) is 0 Å². The molecule has 0 unspecified atom stereocenters. The highest BCUT2D eigenvalue weighted by Crippen LogP contribution is 2.53. The second-order valence-electron chi connectivity index (χ2n) is 4.69. The predicted molar refractivity (Wildman–Crippen MR) is 82.9 cm³/mol. The van der Waals surface area contributed by atoms with E-state index in [1.165, 1.54) is 22.9 Å². The summed E-state index contributed by atoms with van der Waals surface area (Å²) in [6, 6.07) is 0. The molecule has 5 nitrogen and oxygen atoms in total. The smallest absolute Gasteiger partial charge is 0.213 e. The van der Waals surface area contributed by atoms with Crippen LogP contribution in [0, 0.1) is 0 Å². The Morgan fingerprint density at radius 2 is 1.17 bits per heavy atom. The van der Waals surface area contributed by atoms with E-state index in [0.717, 1.165) is 0 Å². The van der Waals surface area contributed by atoms with E-state index in [-0.39, 0.29) is 0 Å². The predicted octanol–water partition coefficient (Wildman–Crippen LogP) is 3.49. The van der Waals surface area contributed by atoms with E-state index < -0.39 is 43.7 Å². The number of alkyl halides is 6. The van der Waals surface area contributed by atoms with Gasteiger partial charge in [-0.25, -0.2) is 8.42 Å². The highest BCUT2D eigenvalue weighted by atomic mass is 32.2. The minimum atomic E-state index is -6.30. The summed E-state index contributed by atoms with van der Waals surface area (Å²) < 4.78 is 111. The Morgan fingerprint density at radius 3 is 1.33 bits per heavy atom. The van der Waals surface area contributed by atoms with Crippen LogP contribution < -0.4 is 0 Å². The van der Waals surface area contributed by atoms with E-state index >= 15 is 0 Å². The van der Waals surface area contributed by atoms with Gasteiger partial charge in [-0.2, -0.15) is 39.2 Å². The lowest BCUT2D eigenvalue weighted by Crippen LogP contribution is -2.26. The monoisotopic (exact) mass is 426 g/mol. The molecular formula is C10H19F6NO4PS2+. The molecule has 0 aromatic rings. The van der Waals surface area contributed by atoms with Crippen molar-refractivity contribution in [2.45, 2.75) is 31.8 Å². The molecule has 0 radical (unpaired) electrons. The number of sulfone groups is 1. The summed E-state index contributed by atoms with van der Waals surface area (Å²) in [4.78, 5) is 0. The number of rotatable bonds is 5. The van der Waals surface area contributed by atoms with E-state index in [4.69, 9.17) is 0 Å². The van der Waals surface area contributed by atoms with Crippen LogP contribution in [-0.2, 0) is 19.9 Å². The van der Waals surface area contributed by atoms with Crippen LogP contribution in [0.25, 0.3) is 0 Å². The van der Waals surface area contributed by atoms with Gasteiger partial charge in [0, 0.05) is 13.9 Å². The number of sulfonamides is 1. The zero-order chi connectivity index (χ0) is 20.0. The molecule has 0 aliphatic heterocycles. The number of hydrogen-bond donors (Lipinski definition) is 0. The van der Waals surface area contributed by atoms with Crippen LogP contribution in [0.15, 0.2) is 4.40 Å². The number of nitrogens with zero attached hydrogens (tertiary/aromatic N) is 1. The molecule has 0 spiro atoms. The van der Waals surface area contributed by atoms with Crippen molar-refractivity contribution in [3.63, 3.8) is 0 Å². The minimum absolute atomic E-state index is 0.412.